The molecule has 0 saturated heterocycles. The van der Waals surface area contributed by atoms with Gasteiger partial charge in [-0.1, -0.05) is 23.3 Å². The van der Waals surface area contributed by atoms with Crippen molar-refractivity contribution in [2.24, 2.45) is 0 Å². The van der Waals surface area contributed by atoms with Crippen molar-refractivity contribution in [1.82, 2.24) is 5.32 Å². The maximum absolute atomic E-state index is 11.9. The molecule has 1 aromatic heterocycles. The molecule has 0 spiro atoms. The summed E-state index contributed by atoms with van der Waals surface area (Å²) in [6.07, 6.45) is 0.786. The van der Waals surface area contributed by atoms with Crippen LogP contribution in [0.5, 0.6) is 0 Å². The number of aryl methyl sites for hydroxylation is 2. The molecule has 0 aliphatic heterocycles. The fourth-order valence-corrected chi connectivity index (χ4v) is 2.85. The van der Waals surface area contributed by atoms with Gasteiger partial charge in [0.05, 0.1) is 5.56 Å². The Hall–Kier alpha value is -2.14. The Morgan fingerprint density at radius 3 is 2.55 bits per heavy atom. The number of ether oxygens (including phenoxy) is 1. The molecule has 4 nitrogen and oxygen atoms in total. The van der Waals surface area contributed by atoms with Crippen molar-refractivity contribution in [2.45, 2.75) is 20.3 Å². The van der Waals surface area contributed by atoms with Gasteiger partial charge in [-0.15, -0.1) is 11.3 Å². The maximum atomic E-state index is 11.9. The standard InChI is InChI=1S/C17H19NO3S/c1-12-8-13(2)10-14(9-12)17(20)21-11-16(19)18-6-5-15-4-3-7-22-15/h3-4,7-10H,5-6,11H2,1-2H3,(H,18,19). The Morgan fingerprint density at radius 1 is 1.18 bits per heavy atom. The highest BCUT2D eigenvalue weighted by Crippen LogP contribution is 2.10. The smallest absolute Gasteiger partial charge is 0.338 e. The summed E-state index contributed by atoms with van der Waals surface area (Å²) in [6.45, 7) is 4.12. The van der Waals surface area contributed by atoms with E-state index in [4.69, 9.17) is 4.74 Å². The number of esters is 1. The Bertz CT molecular complexity index is 630. The van der Waals surface area contributed by atoms with E-state index in [1.54, 1.807) is 23.5 Å². The summed E-state index contributed by atoms with van der Waals surface area (Å²) in [5.74, 6) is -0.755. The molecule has 0 unspecified atom stereocenters. The maximum Gasteiger partial charge on any atom is 0.338 e. The van der Waals surface area contributed by atoms with Gasteiger partial charge in [0.25, 0.3) is 5.91 Å². The highest BCUT2D eigenvalue weighted by Gasteiger charge is 2.10. The van der Waals surface area contributed by atoms with Crippen molar-refractivity contribution >= 4 is 23.2 Å². The van der Waals surface area contributed by atoms with E-state index in [9.17, 15) is 9.59 Å². The van der Waals surface area contributed by atoms with E-state index in [1.807, 2.05) is 37.4 Å². The van der Waals surface area contributed by atoms with E-state index in [0.717, 1.165) is 17.5 Å². The summed E-state index contributed by atoms with van der Waals surface area (Å²) in [5.41, 5.74) is 2.46. The predicted octanol–water partition coefficient (Wildman–Crippen LogP) is 2.88. The second kappa shape index (κ2) is 7.75. The van der Waals surface area contributed by atoms with Gasteiger partial charge >= 0.3 is 5.97 Å². The molecule has 1 N–H and O–H groups in total. The molecular formula is C17H19NO3S. The zero-order valence-corrected chi connectivity index (χ0v) is 13.5. The van der Waals surface area contributed by atoms with Crippen LogP contribution in [0.2, 0.25) is 0 Å². The highest BCUT2D eigenvalue weighted by molar-refractivity contribution is 7.09. The first-order valence-corrected chi connectivity index (χ1v) is 7.97. The molecule has 0 aliphatic rings. The predicted molar refractivity (Wildman–Crippen MR) is 87.2 cm³/mol. The summed E-state index contributed by atoms with van der Waals surface area (Å²) in [6, 6.07) is 9.49. The fourth-order valence-electron chi connectivity index (χ4n) is 2.14. The largest absolute Gasteiger partial charge is 0.452 e. The van der Waals surface area contributed by atoms with Gasteiger partial charge in [0.1, 0.15) is 0 Å². The van der Waals surface area contributed by atoms with E-state index < -0.39 is 5.97 Å². The van der Waals surface area contributed by atoms with Crippen LogP contribution in [0.25, 0.3) is 0 Å². The molecule has 0 atom stereocenters. The summed E-state index contributed by atoms with van der Waals surface area (Å²) in [7, 11) is 0. The minimum atomic E-state index is -0.472. The Balaban J connectivity index is 1.74. The lowest BCUT2D eigenvalue weighted by Gasteiger charge is -2.07. The van der Waals surface area contributed by atoms with Crippen molar-refractivity contribution < 1.29 is 14.3 Å². The second-order valence-electron chi connectivity index (χ2n) is 5.13. The van der Waals surface area contributed by atoms with Crippen LogP contribution in [0.15, 0.2) is 35.7 Å². The van der Waals surface area contributed by atoms with Crippen molar-refractivity contribution in [3.05, 3.63) is 57.3 Å². The molecule has 1 amide bonds. The third-order valence-corrected chi connectivity index (χ3v) is 4.00. The molecule has 1 aromatic carbocycles. The first-order chi connectivity index (χ1) is 10.5. The number of hydrogen-bond acceptors (Lipinski definition) is 4. The number of amides is 1. The third kappa shape index (κ3) is 5.00. The minimum absolute atomic E-state index is 0.254. The number of rotatable bonds is 6. The molecule has 5 heteroatoms. The van der Waals surface area contributed by atoms with Gasteiger partial charge in [0, 0.05) is 11.4 Å². The number of carbonyl (C=O) groups is 2. The van der Waals surface area contributed by atoms with E-state index >= 15 is 0 Å². The number of benzene rings is 1. The lowest BCUT2D eigenvalue weighted by Crippen LogP contribution is -2.30. The van der Waals surface area contributed by atoms with Crippen LogP contribution in [-0.4, -0.2) is 25.0 Å². The molecule has 0 radical (unpaired) electrons. The molecule has 2 rings (SSSR count). The summed E-state index contributed by atoms with van der Waals surface area (Å²) >= 11 is 1.66. The van der Waals surface area contributed by atoms with Crippen molar-refractivity contribution in [3.63, 3.8) is 0 Å². The van der Waals surface area contributed by atoms with Crippen LogP contribution in [0.4, 0.5) is 0 Å². The average molecular weight is 317 g/mol. The molecule has 116 valence electrons. The van der Waals surface area contributed by atoms with E-state index in [-0.39, 0.29) is 12.5 Å². The number of nitrogens with one attached hydrogen (secondary N) is 1. The van der Waals surface area contributed by atoms with E-state index in [0.29, 0.717) is 12.1 Å². The third-order valence-electron chi connectivity index (χ3n) is 3.07. The van der Waals surface area contributed by atoms with Gasteiger partial charge in [-0.05, 0) is 43.8 Å². The molecule has 0 saturated carbocycles. The van der Waals surface area contributed by atoms with Gasteiger partial charge in [0.15, 0.2) is 6.61 Å². The van der Waals surface area contributed by atoms with Crippen LogP contribution < -0.4 is 5.32 Å². The van der Waals surface area contributed by atoms with Gasteiger partial charge in [-0.2, -0.15) is 0 Å². The lowest BCUT2D eigenvalue weighted by molar-refractivity contribution is -0.124. The Labute approximate surface area is 134 Å². The van der Waals surface area contributed by atoms with Crippen molar-refractivity contribution in [2.75, 3.05) is 13.2 Å². The van der Waals surface area contributed by atoms with Crippen LogP contribution in [0.3, 0.4) is 0 Å². The number of hydrogen-bond donors (Lipinski definition) is 1. The van der Waals surface area contributed by atoms with E-state index in [1.165, 1.54) is 4.88 Å². The quantitative estimate of drug-likeness (QED) is 0.834. The number of thiophene rings is 1. The molecule has 0 fully saturated rings. The summed E-state index contributed by atoms with van der Waals surface area (Å²) in [4.78, 5) is 24.8. The van der Waals surface area contributed by atoms with Crippen LogP contribution in [-0.2, 0) is 16.0 Å². The fraction of sp³-hybridized carbons (Fsp3) is 0.294. The van der Waals surface area contributed by atoms with Crippen molar-refractivity contribution in [3.8, 4) is 0 Å². The molecule has 1 heterocycles. The van der Waals surface area contributed by atoms with Gasteiger partial charge < -0.3 is 10.1 Å². The monoisotopic (exact) mass is 317 g/mol. The SMILES string of the molecule is Cc1cc(C)cc(C(=O)OCC(=O)NCCc2cccs2)c1. The first kappa shape index (κ1) is 16.2. The first-order valence-electron chi connectivity index (χ1n) is 7.09. The highest BCUT2D eigenvalue weighted by atomic mass is 32.1. The summed E-state index contributed by atoms with van der Waals surface area (Å²) in [5, 5.41) is 4.74. The van der Waals surface area contributed by atoms with Crippen LogP contribution >= 0.6 is 11.3 Å². The molecule has 22 heavy (non-hydrogen) atoms. The zero-order chi connectivity index (χ0) is 15.9. The Morgan fingerprint density at radius 2 is 1.91 bits per heavy atom. The lowest BCUT2D eigenvalue weighted by atomic mass is 10.1. The van der Waals surface area contributed by atoms with Crippen LogP contribution in [0.1, 0.15) is 26.4 Å². The van der Waals surface area contributed by atoms with Gasteiger partial charge in [-0.25, -0.2) is 4.79 Å². The van der Waals surface area contributed by atoms with E-state index in [2.05, 4.69) is 5.32 Å². The van der Waals surface area contributed by atoms with Gasteiger partial charge in [0.2, 0.25) is 0 Å². The molecular weight excluding hydrogens is 298 g/mol. The molecule has 0 aliphatic carbocycles. The zero-order valence-electron chi connectivity index (χ0n) is 12.7. The van der Waals surface area contributed by atoms with Gasteiger partial charge in [-0.3, -0.25) is 4.79 Å². The molecule has 2 aromatic rings. The average Bonchev–Trinajstić information content (AvgIpc) is 2.97. The summed E-state index contributed by atoms with van der Waals surface area (Å²) < 4.78 is 5.04. The topological polar surface area (TPSA) is 55.4 Å². The van der Waals surface area contributed by atoms with Crippen molar-refractivity contribution in [1.29, 1.82) is 0 Å². The normalized spacial score (nSPS) is 10.3. The molecule has 0 bridgehead atoms. The Kier molecular flexibility index (Phi) is 5.72. The minimum Gasteiger partial charge on any atom is -0.452 e. The second-order valence-corrected chi connectivity index (χ2v) is 6.16. The van der Waals surface area contributed by atoms with Crippen LogP contribution in [0, 0.1) is 13.8 Å². The number of carbonyl (C=O) groups excluding carboxylic acids is 2.